The average Bonchev–Trinajstić information content (AvgIpc) is 2.48. The van der Waals surface area contributed by atoms with E-state index in [2.05, 4.69) is 40.5 Å². The number of hydrogen-bond acceptors (Lipinski definition) is 2. The van der Waals surface area contributed by atoms with E-state index in [1.165, 1.54) is 25.7 Å². The Morgan fingerprint density at radius 2 is 2.09 bits per heavy atom. The zero-order valence-electron chi connectivity index (χ0n) is 14.6. The summed E-state index contributed by atoms with van der Waals surface area (Å²) < 4.78 is 0. The molecule has 4 nitrogen and oxygen atoms in total. The molecule has 1 saturated carbocycles. The summed E-state index contributed by atoms with van der Waals surface area (Å²) in [5.41, 5.74) is 1.60. The summed E-state index contributed by atoms with van der Waals surface area (Å²) in [6, 6.07) is 6.04. The molecular formula is C18H31IN4. The Balaban J connectivity index is 0.00000264. The highest BCUT2D eigenvalue weighted by molar-refractivity contribution is 14.0. The van der Waals surface area contributed by atoms with E-state index in [-0.39, 0.29) is 24.0 Å². The first-order valence-electron chi connectivity index (χ1n) is 8.48. The fourth-order valence-electron chi connectivity index (χ4n) is 3.34. The average molecular weight is 430 g/mol. The molecule has 0 atom stereocenters. The van der Waals surface area contributed by atoms with E-state index in [1.807, 2.05) is 25.4 Å². The van der Waals surface area contributed by atoms with Crippen molar-refractivity contribution >= 4 is 29.9 Å². The van der Waals surface area contributed by atoms with E-state index in [0.29, 0.717) is 5.41 Å². The van der Waals surface area contributed by atoms with Gasteiger partial charge in [-0.15, -0.1) is 24.0 Å². The number of nitrogens with one attached hydrogen (secondary N) is 2. The van der Waals surface area contributed by atoms with Crippen molar-refractivity contribution in [3.63, 3.8) is 0 Å². The zero-order valence-corrected chi connectivity index (χ0v) is 17.0. The highest BCUT2D eigenvalue weighted by Crippen LogP contribution is 2.45. The molecule has 1 aromatic rings. The fraction of sp³-hybridized carbons (Fsp3) is 0.667. The number of halogens is 1. The maximum absolute atomic E-state index is 4.34. The van der Waals surface area contributed by atoms with Crippen LogP contribution in [0.3, 0.4) is 0 Å². The van der Waals surface area contributed by atoms with Gasteiger partial charge in [-0.3, -0.25) is 9.98 Å². The van der Waals surface area contributed by atoms with Crippen molar-refractivity contribution in [2.24, 2.45) is 16.3 Å². The first-order valence-corrected chi connectivity index (χ1v) is 8.48. The van der Waals surface area contributed by atoms with Gasteiger partial charge in [-0.05, 0) is 42.7 Å². The second-order valence-corrected chi connectivity index (χ2v) is 6.88. The summed E-state index contributed by atoms with van der Waals surface area (Å²) in [7, 11) is 1.84. The van der Waals surface area contributed by atoms with Crippen LogP contribution in [0.5, 0.6) is 0 Å². The minimum absolute atomic E-state index is 0. The van der Waals surface area contributed by atoms with Gasteiger partial charge >= 0.3 is 0 Å². The van der Waals surface area contributed by atoms with Gasteiger partial charge < -0.3 is 10.6 Å². The minimum Gasteiger partial charge on any atom is -0.356 e. The van der Waals surface area contributed by atoms with Gasteiger partial charge in [0, 0.05) is 38.4 Å². The van der Waals surface area contributed by atoms with Crippen LogP contribution in [0.1, 0.15) is 45.2 Å². The van der Waals surface area contributed by atoms with Crippen LogP contribution in [0.4, 0.5) is 0 Å². The van der Waals surface area contributed by atoms with Crippen LogP contribution < -0.4 is 10.6 Å². The molecule has 5 heteroatoms. The normalized spacial score (nSPS) is 16.4. The van der Waals surface area contributed by atoms with Crippen LogP contribution in [-0.4, -0.2) is 31.1 Å². The molecule has 0 saturated heterocycles. The molecule has 1 fully saturated rings. The Morgan fingerprint density at radius 1 is 1.30 bits per heavy atom. The molecule has 1 heterocycles. The molecule has 0 unspecified atom stereocenters. The third-order valence-corrected chi connectivity index (χ3v) is 4.51. The third-order valence-electron chi connectivity index (χ3n) is 4.51. The van der Waals surface area contributed by atoms with Gasteiger partial charge in [-0.1, -0.05) is 26.3 Å². The highest BCUT2D eigenvalue weighted by atomic mass is 127. The molecule has 0 bridgehead atoms. The Hall–Kier alpha value is -0.850. The standard InChI is InChI=1S/C18H30N4.HI/c1-15(2)13-18(9-6-10-18)14-22-17(19-3)21-12-8-16-7-4-5-11-20-16;/h4-5,7,11,15H,6,8-10,12-14H2,1-3H3,(H2,19,21,22);1H. The molecule has 23 heavy (non-hydrogen) atoms. The lowest BCUT2D eigenvalue weighted by molar-refractivity contribution is 0.104. The molecular weight excluding hydrogens is 399 g/mol. The maximum Gasteiger partial charge on any atom is 0.191 e. The van der Waals surface area contributed by atoms with Crippen LogP contribution >= 0.6 is 24.0 Å². The maximum atomic E-state index is 4.34. The van der Waals surface area contributed by atoms with Crippen molar-refractivity contribution in [2.75, 3.05) is 20.1 Å². The Kier molecular flexibility index (Phi) is 8.87. The van der Waals surface area contributed by atoms with Gasteiger partial charge in [0.2, 0.25) is 0 Å². The molecule has 0 spiro atoms. The number of hydrogen-bond donors (Lipinski definition) is 2. The molecule has 2 rings (SSSR count). The van der Waals surface area contributed by atoms with Gasteiger partial charge in [-0.25, -0.2) is 0 Å². The van der Waals surface area contributed by atoms with Gasteiger partial charge in [0.15, 0.2) is 5.96 Å². The summed E-state index contributed by atoms with van der Waals surface area (Å²) in [5.74, 6) is 1.67. The van der Waals surface area contributed by atoms with Gasteiger partial charge in [-0.2, -0.15) is 0 Å². The van der Waals surface area contributed by atoms with E-state index < -0.39 is 0 Å². The Bertz CT molecular complexity index is 469. The molecule has 130 valence electrons. The van der Waals surface area contributed by atoms with E-state index in [0.717, 1.165) is 37.1 Å². The molecule has 1 aromatic heterocycles. The number of nitrogens with zero attached hydrogens (tertiary/aromatic N) is 2. The quantitative estimate of drug-likeness (QED) is 0.395. The third kappa shape index (κ3) is 6.65. The highest BCUT2D eigenvalue weighted by Gasteiger charge is 2.37. The summed E-state index contributed by atoms with van der Waals surface area (Å²) >= 11 is 0. The Labute approximate surface area is 158 Å². The first-order chi connectivity index (χ1) is 10.6. The second kappa shape index (κ2) is 10.1. The van der Waals surface area contributed by atoms with Crippen LogP contribution in [-0.2, 0) is 6.42 Å². The summed E-state index contributed by atoms with van der Waals surface area (Å²) in [6.07, 6.45) is 8.14. The number of aliphatic imine (C=N–C) groups is 1. The zero-order chi connectivity index (χ0) is 15.8. The van der Waals surface area contributed by atoms with Crippen LogP contribution in [0.2, 0.25) is 0 Å². The molecule has 1 aliphatic rings. The van der Waals surface area contributed by atoms with Crippen LogP contribution in [0.15, 0.2) is 29.4 Å². The van der Waals surface area contributed by atoms with Gasteiger partial charge in [0.05, 0.1) is 0 Å². The first kappa shape index (κ1) is 20.2. The summed E-state index contributed by atoms with van der Waals surface area (Å²) in [6.45, 7) is 6.53. The molecule has 0 amide bonds. The topological polar surface area (TPSA) is 49.3 Å². The van der Waals surface area contributed by atoms with E-state index in [1.54, 1.807) is 0 Å². The van der Waals surface area contributed by atoms with E-state index in [9.17, 15) is 0 Å². The number of aromatic nitrogens is 1. The van der Waals surface area contributed by atoms with Crippen molar-refractivity contribution in [3.05, 3.63) is 30.1 Å². The van der Waals surface area contributed by atoms with Gasteiger partial charge in [0.25, 0.3) is 0 Å². The van der Waals surface area contributed by atoms with Crippen molar-refractivity contribution < 1.29 is 0 Å². The lowest BCUT2D eigenvalue weighted by Crippen LogP contribution is -2.47. The number of pyridine rings is 1. The summed E-state index contributed by atoms with van der Waals surface area (Å²) in [4.78, 5) is 8.68. The summed E-state index contributed by atoms with van der Waals surface area (Å²) in [5, 5.41) is 6.91. The van der Waals surface area contributed by atoms with Crippen LogP contribution in [0, 0.1) is 11.3 Å². The lowest BCUT2D eigenvalue weighted by Gasteiger charge is -2.43. The number of guanidine groups is 1. The van der Waals surface area contributed by atoms with Crippen molar-refractivity contribution in [2.45, 2.75) is 46.0 Å². The van der Waals surface area contributed by atoms with Crippen LogP contribution in [0.25, 0.3) is 0 Å². The molecule has 0 aromatic carbocycles. The molecule has 1 aliphatic carbocycles. The largest absolute Gasteiger partial charge is 0.356 e. The predicted octanol–water partition coefficient (Wildman–Crippen LogP) is 3.62. The van der Waals surface area contributed by atoms with E-state index in [4.69, 9.17) is 0 Å². The predicted molar refractivity (Wildman–Crippen MR) is 108 cm³/mol. The second-order valence-electron chi connectivity index (χ2n) is 6.88. The monoisotopic (exact) mass is 430 g/mol. The molecule has 0 aliphatic heterocycles. The SMILES string of the molecule is CN=C(NCCc1ccccn1)NCC1(CC(C)C)CCC1.I. The van der Waals surface area contributed by atoms with Crippen molar-refractivity contribution in [1.82, 2.24) is 15.6 Å². The lowest BCUT2D eigenvalue weighted by atomic mass is 9.64. The number of rotatable bonds is 7. The fourth-order valence-corrected chi connectivity index (χ4v) is 3.34. The van der Waals surface area contributed by atoms with Crippen molar-refractivity contribution in [1.29, 1.82) is 0 Å². The van der Waals surface area contributed by atoms with Crippen molar-refractivity contribution in [3.8, 4) is 0 Å². The van der Waals surface area contributed by atoms with Gasteiger partial charge in [0.1, 0.15) is 0 Å². The van der Waals surface area contributed by atoms with E-state index >= 15 is 0 Å². The smallest absolute Gasteiger partial charge is 0.191 e. The molecule has 2 N–H and O–H groups in total. The molecule has 0 radical (unpaired) electrons. The Morgan fingerprint density at radius 3 is 2.61 bits per heavy atom. The minimum atomic E-state index is 0.